The van der Waals surface area contributed by atoms with E-state index < -0.39 is 0 Å². The monoisotopic (exact) mass is 220 g/mol. The number of hydrogen-bond donors (Lipinski definition) is 0. The van der Waals surface area contributed by atoms with Crippen LogP contribution >= 0.6 is 11.8 Å². The third-order valence-electron chi connectivity index (χ3n) is 2.79. The van der Waals surface area contributed by atoms with Crippen molar-refractivity contribution in [1.29, 1.82) is 0 Å². The highest BCUT2D eigenvalue weighted by Gasteiger charge is 2.22. The number of carbonyl (C=O) groups excluding carboxylic acids is 1. The zero-order valence-electron chi connectivity index (χ0n) is 9.03. The lowest BCUT2D eigenvalue weighted by atomic mass is 10.0. The molecule has 1 unspecified atom stereocenters. The highest BCUT2D eigenvalue weighted by Crippen LogP contribution is 2.27. The molecule has 2 rings (SSSR count). The summed E-state index contributed by atoms with van der Waals surface area (Å²) in [5.41, 5.74) is 2.40. The Balaban J connectivity index is 1.96. The molecule has 15 heavy (non-hydrogen) atoms. The second-order valence-electron chi connectivity index (χ2n) is 4.13. The third kappa shape index (κ3) is 2.85. The lowest BCUT2D eigenvalue weighted by molar-refractivity contribution is -0.117. The molecule has 1 fully saturated rings. The van der Waals surface area contributed by atoms with E-state index in [4.69, 9.17) is 0 Å². The average molecular weight is 220 g/mol. The Labute approximate surface area is 95.3 Å². The molecular weight excluding hydrogens is 204 g/mol. The van der Waals surface area contributed by atoms with Gasteiger partial charge in [0.05, 0.1) is 5.25 Å². The molecule has 80 valence electrons. The molecule has 0 amide bonds. The van der Waals surface area contributed by atoms with Gasteiger partial charge in [0.1, 0.15) is 5.78 Å². The van der Waals surface area contributed by atoms with E-state index in [1.165, 1.54) is 12.0 Å². The number of rotatable bonds is 3. The van der Waals surface area contributed by atoms with E-state index in [2.05, 4.69) is 31.2 Å². The van der Waals surface area contributed by atoms with Crippen LogP contribution in [0.25, 0.3) is 0 Å². The first kappa shape index (κ1) is 10.7. The lowest BCUT2D eigenvalue weighted by Crippen LogP contribution is -2.16. The van der Waals surface area contributed by atoms with E-state index >= 15 is 0 Å². The molecule has 0 spiro atoms. The van der Waals surface area contributed by atoms with Gasteiger partial charge in [-0.1, -0.05) is 29.8 Å². The predicted octanol–water partition coefficient (Wildman–Crippen LogP) is 3.00. The number of ketones is 1. The Bertz CT molecular complexity index is 336. The Kier molecular flexibility index (Phi) is 3.47. The van der Waals surface area contributed by atoms with E-state index in [-0.39, 0.29) is 5.25 Å². The van der Waals surface area contributed by atoms with Gasteiger partial charge in [0.2, 0.25) is 0 Å². The number of carbonyl (C=O) groups is 1. The molecular formula is C13H16OS. The summed E-state index contributed by atoms with van der Waals surface area (Å²) in [4.78, 5) is 11.9. The molecule has 0 aliphatic carbocycles. The fourth-order valence-corrected chi connectivity index (χ4v) is 3.07. The maximum Gasteiger partial charge on any atom is 0.150 e. The Morgan fingerprint density at radius 3 is 2.73 bits per heavy atom. The van der Waals surface area contributed by atoms with Gasteiger partial charge >= 0.3 is 0 Å². The van der Waals surface area contributed by atoms with Crippen molar-refractivity contribution < 1.29 is 4.79 Å². The van der Waals surface area contributed by atoms with Crippen LogP contribution in [0.1, 0.15) is 24.0 Å². The molecule has 2 heteroatoms. The molecule has 1 atom stereocenters. The number of benzene rings is 1. The fourth-order valence-electron chi connectivity index (χ4n) is 1.85. The molecule has 1 aliphatic rings. The molecule has 1 saturated heterocycles. The van der Waals surface area contributed by atoms with Crippen molar-refractivity contribution in [3.05, 3.63) is 35.4 Å². The first-order valence-corrected chi connectivity index (χ1v) is 6.50. The van der Waals surface area contributed by atoms with Gasteiger partial charge in [-0.2, -0.15) is 11.8 Å². The van der Waals surface area contributed by atoms with Crippen LogP contribution in [0.5, 0.6) is 0 Å². The molecule has 1 aliphatic heterocycles. The zero-order chi connectivity index (χ0) is 10.7. The van der Waals surface area contributed by atoms with Gasteiger partial charge < -0.3 is 0 Å². The summed E-state index contributed by atoms with van der Waals surface area (Å²) in [5, 5.41) is 0.270. The van der Waals surface area contributed by atoms with Crippen molar-refractivity contribution in [2.24, 2.45) is 0 Å². The van der Waals surface area contributed by atoms with E-state index in [0.717, 1.165) is 17.7 Å². The van der Waals surface area contributed by atoms with Crippen molar-refractivity contribution in [3.8, 4) is 0 Å². The number of aryl methyl sites for hydroxylation is 1. The van der Waals surface area contributed by atoms with Crippen LogP contribution in [0.2, 0.25) is 0 Å². The quantitative estimate of drug-likeness (QED) is 0.779. The molecule has 0 bridgehead atoms. The van der Waals surface area contributed by atoms with Crippen LogP contribution < -0.4 is 0 Å². The highest BCUT2D eigenvalue weighted by molar-refractivity contribution is 8.00. The first-order valence-electron chi connectivity index (χ1n) is 5.45. The molecule has 1 aromatic carbocycles. The summed E-state index contributed by atoms with van der Waals surface area (Å²) in [5.74, 6) is 1.56. The minimum Gasteiger partial charge on any atom is -0.298 e. The topological polar surface area (TPSA) is 17.1 Å². The first-order chi connectivity index (χ1) is 7.25. The predicted molar refractivity (Wildman–Crippen MR) is 65.4 cm³/mol. The molecule has 0 radical (unpaired) electrons. The molecule has 0 N–H and O–H groups in total. The van der Waals surface area contributed by atoms with Crippen LogP contribution in [0.15, 0.2) is 24.3 Å². The third-order valence-corrected chi connectivity index (χ3v) is 4.21. The van der Waals surface area contributed by atoms with Crippen molar-refractivity contribution in [2.45, 2.75) is 31.4 Å². The SMILES string of the molecule is Cc1ccc(CC(=O)C2CCCS2)cc1. The molecule has 0 aromatic heterocycles. The Hall–Kier alpha value is -0.760. The number of Topliss-reactive ketones (excluding diaryl/α,β-unsaturated/α-hetero) is 1. The van der Waals surface area contributed by atoms with Crippen molar-refractivity contribution in [2.75, 3.05) is 5.75 Å². The average Bonchev–Trinajstić information content (AvgIpc) is 2.74. The second-order valence-corrected chi connectivity index (χ2v) is 5.44. The normalized spacial score (nSPS) is 20.5. The summed E-state index contributed by atoms with van der Waals surface area (Å²) in [6, 6.07) is 8.27. The van der Waals surface area contributed by atoms with Crippen molar-refractivity contribution in [1.82, 2.24) is 0 Å². The largest absolute Gasteiger partial charge is 0.298 e. The van der Waals surface area contributed by atoms with Crippen LogP contribution in [0.4, 0.5) is 0 Å². The highest BCUT2D eigenvalue weighted by atomic mass is 32.2. The summed E-state index contributed by atoms with van der Waals surface area (Å²) >= 11 is 1.82. The summed E-state index contributed by atoms with van der Waals surface area (Å²) in [6.45, 7) is 2.07. The summed E-state index contributed by atoms with van der Waals surface area (Å²) in [6.07, 6.45) is 2.89. The molecule has 1 nitrogen and oxygen atoms in total. The molecule has 0 saturated carbocycles. The van der Waals surface area contributed by atoms with E-state index in [0.29, 0.717) is 12.2 Å². The minimum atomic E-state index is 0.270. The molecule has 1 aromatic rings. The lowest BCUT2D eigenvalue weighted by Gasteiger charge is -2.07. The van der Waals surface area contributed by atoms with Crippen LogP contribution in [-0.2, 0) is 11.2 Å². The van der Waals surface area contributed by atoms with Crippen LogP contribution in [0.3, 0.4) is 0 Å². The smallest absolute Gasteiger partial charge is 0.150 e. The van der Waals surface area contributed by atoms with Crippen LogP contribution in [-0.4, -0.2) is 16.8 Å². The number of hydrogen-bond acceptors (Lipinski definition) is 2. The number of thioether (sulfide) groups is 1. The van der Waals surface area contributed by atoms with Crippen LogP contribution in [0, 0.1) is 6.92 Å². The summed E-state index contributed by atoms with van der Waals surface area (Å²) < 4.78 is 0. The van der Waals surface area contributed by atoms with Gasteiger partial charge in [-0.3, -0.25) is 4.79 Å². The standard InChI is InChI=1S/C13H16OS/c1-10-4-6-11(7-5-10)9-12(14)13-3-2-8-15-13/h4-7,13H,2-3,8-9H2,1H3. The zero-order valence-corrected chi connectivity index (χ0v) is 9.85. The second kappa shape index (κ2) is 4.84. The molecule has 1 heterocycles. The summed E-state index contributed by atoms with van der Waals surface area (Å²) in [7, 11) is 0. The van der Waals surface area contributed by atoms with E-state index in [1.54, 1.807) is 0 Å². The van der Waals surface area contributed by atoms with Gasteiger partial charge in [-0.15, -0.1) is 0 Å². The van der Waals surface area contributed by atoms with E-state index in [1.807, 2.05) is 11.8 Å². The fraction of sp³-hybridized carbons (Fsp3) is 0.462. The van der Waals surface area contributed by atoms with Gasteiger partial charge in [0.25, 0.3) is 0 Å². The minimum absolute atomic E-state index is 0.270. The van der Waals surface area contributed by atoms with E-state index in [9.17, 15) is 4.79 Å². The Morgan fingerprint density at radius 1 is 1.40 bits per heavy atom. The van der Waals surface area contributed by atoms with Gasteiger partial charge in [0.15, 0.2) is 0 Å². The Morgan fingerprint density at radius 2 is 2.13 bits per heavy atom. The van der Waals surface area contributed by atoms with Gasteiger partial charge in [-0.25, -0.2) is 0 Å². The van der Waals surface area contributed by atoms with Crippen molar-refractivity contribution >= 4 is 17.5 Å². The maximum atomic E-state index is 11.9. The van der Waals surface area contributed by atoms with Crippen molar-refractivity contribution in [3.63, 3.8) is 0 Å². The van der Waals surface area contributed by atoms with Gasteiger partial charge in [0, 0.05) is 6.42 Å². The van der Waals surface area contributed by atoms with Gasteiger partial charge in [-0.05, 0) is 31.1 Å². The maximum absolute atomic E-state index is 11.9.